The Labute approximate surface area is 142 Å². The van der Waals surface area contributed by atoms with Crippen molar-refractivity contribution in [1.29, 1.82) is 0 Å². The second kappa shape index (κ2) is 9.35. The molecule has 0 fully saturated rings. The fourth-order valence-electron chi connectivity index (χ4n) is 2.25. The first-order chi connectivity index (χ1) is 11.7. The predicted molar refractivity (Wildman–Crippen MR) is 94.0 cm³/mol. The number of anilines is 1. The Hall–Kier alpha value is -2.82. The lowest BCUT2D eigenvalue weighted by Gasteiger charge is -2.21. The van der Waals surface area contributed by atoms with Gasteiger partial charge in [-0.25, -0.2) is 0 Å². The molecule has 126 valence electrons. The standard InChI is InChI=1S/C19H22N2O3/c1-16(22)21(17-8-4-2-5-9-17)14-13-20-19(23)12-15-24-18-10-6-3-7-11-18/h2-11H,12-15H2,1H3,(H,20,23). The summed E-state index contributed by atoms with van der Waals surface area (Å²) in [7, 11) is 0. The average Bonchev–Trinajstić information content (AvgIpc) is 2.60. The highest BCUT2D eigenvalue weighted by Crippen LogP contribution is 2.12. The van der Waals surface area contributed by atoms with Gasteiger partial charge in [0, 0.05) is 25.7 Å². The van der Waals surface area contributed by atoms with E-state index in [1.807, 2.05) is 60.7 Å². The van der Waals surface area contributed by atoms with E-state index in [1.54, 1.807) is 4.90 Å². The van der Waals surface area contributed by atoms with E-state index in [-0.39, 0.29) is 18.2 Å². The number of hydrogen-bond acceptors (Lipinski definition) is 3. The number of carbonyl (C=O) groups is 2. The molecule has 2 amide bonds. The summed E-state index contributed by atoms with van der Waals surface area (Å²) in [4.78, 5) is 25.2. The number of nitrogens with zero attached hydrogens (tertiary/aromatic N) is 1. The van der Waals surface area contributed by atoms with Crippen LogP contribution in [0.1, 0.15) is 13.3 Å². The lowest BCUT2D eigenvalue weighted by atomic mass is 10.3. The van der Waals surface area contributed by atoms with Gasteiger partial charge in [-0.1, -0.05) is 36.4 Å². The van der Waals surface area contributed by atoms with Crippen molar-refractivity contribution in [2.45, 2.75) is 13.3 Å². The summed E-state index contributed by atoms with van der Waals surface area (Å²) in [5.41, 5.74) is 0.826. The minimum Gasteiger partial charge on any atom is -0.493 e. The van der Waals surface area contributed by atoms with Gasteiger partial charge in [-0.3, -0.25) is 9.59 Å². The second-order valence-corrected chi connectivity index (χ2v) is 5.27. The van der Waals surface area contributed by atoms with Crippen LogP contribution < -0.4 is 15.0 Å². The maximum atomic E-state index is 11.8. The van der Waals surface area contributed by atoms with Crippen molar-refractivity contribution < 1.29 is 14.3 Å². The minimum atomic E-state index is -0.0949. The van der Waals surface area contributed by atoms with Crippen LogP contribution in [-0.2, 0) is 9.59 Å². The van der Waals surface area contributed by atoms with Gasteiger partial charge in [-0.05, 0) is 24.3 Å². The molecule has 0 aliphatic rings. The normalized spacial score (nSPS) is 10.0. The van der Waals surface area contributed by atoms with Crippen molar-refractivity contribution in [2.75, 3.05) is 24.6 Å². The zero-order chi connectivity index (χ0) is 17.2. The van der Waals surface area contributed by atoms with Crippen LogP contribution in [0.4, 0.5) is 5.69 Å². The third-order valence-corrected chi connectivity index (χ3v) is 3.45. The molecule has 0 atom stereocenters. The van der Waals surface area contributed by atoms with Crippen LogP contribution in [0, 0.1) is 0 Å². The Bertz CT molecular complexity index is 644. The molecular weight excluding hydrogens is 304 g/mol. The molecule has 2 aromatic carbocycles. The van der Waals surface area contributed by atoms with Crippen molar-refractivity contribution in [3.05, 3.63) is 60.7 Å². The molecule has 5 nitrogen and oxygen atoms in total. The summed E-state index contributed by atoms with van der Waals surface area (Å²) in [6.07, 6.45) is 0.278. The summed E-state index contributed by atoms with van der Waals surface area (Å²) >= 11 is 0. The monoisotopic (exact) mass is 326 g/mol. The molecule has 0 spiro atoms. The largest absolute Gasteiger partial charge is 0.493 e. The third-order valence-electron chi connectivity index (χ3n) is 3.45. The Morgan fingerprint density at radius 3 is 2.25 bits per heavy atom. The van der Waals surface area contributed by atoms with E-state index in [0.717, 1.165) is 11.4 Å². The molecular formula is C19H22N2O3. The van der Waals surface area contributed by atoms with E-state index in [1.165, 1.54) is 6.92 Å². The molecule has 0 heterocycles. The van der Waals surface area contributed by atoms with Gasteiger partial charge >= 0.3 is 0 Å². The number of carbonyl (C=O) groups excluding carboxylic acids is 2. The second-order valence-electron chi connectivity index (χ2n) is 5.27. The lowest BCUT2D eigenvalue weighted by Crippen LogP contribution is -2.37. The van der Waals surface area contributed by atoms with Crippen LogP contribution in [0.2, 0.25) is 0 Å². The van der Waals surface area contributed by atoms with Crippen LogP contribution in [0.3, 0.4) is 0 Å². The van der Waals surface area contributed by atoms with Crippen molar-refractivity contribution in [1.82, 2.24) is 5.32 Å². The van der Waals surface area contributed by atoms with E-state index in [0.29, 0.717) is 19.7 Å². The number of nitrogens with one attached hydrogen (secondary N) is 1. The number of amides is 2. The van der Waals surface area contributed by atoms with E-state index in [2.05, 4.69) is 5.32 Å². The Morgan fingerprint density at radius 1 is 1.00 bits per heavy atom. The zero-order valence-corrected chi connectivity index (χ0v) is 13.8. The maximum absolute atomic E-state index is 11.8. The smallest absolute Gasteiger partial charge is 0.223 e. The Balaban J connectivity index is 1.70. The summed E-state index contributed by atoms with van der Waals surface area (Å²) in [5.74, 6) is 0.600. The lowest BCUT2D eigenvalue weighted by molar-refractivity contribution is -0.122. The topological polar surface area (TPSA) is 58.6 Å². The number of hydrogen-bond donors (Lipinski definition) is 1. The molecule has 0 saturated carbocycles. The zero-order valence-electron chi connectivity index (χ0n) is 13.8. The fraction of sp³-hybridized carbons (Fsp3) is 0.263. The first-order valence-electron chi connectivity index (χ1n) is 7.94. The van der Waals surface area contributed by atoms with Crippen molar-refractivity contribution in [3.8, 4) is 5.75 Å². The summed E-state index contributed by atoms with van der Waals surface area (Å²) in [6, 6.07) is 18.8. The van der Waals surface area contributed by atoms with Crippen LogP contribution in [0.5, 0.6) is 5.75 Å². The highest BCUT2D eigenvalue weighted by atomic mass is 16.5. The first kappa shape index (κ1) is 17.5. The van der Waals surface area contributed by atoms with Gasteiger partial charge in [0.2, 0.25) is 11.8 Å². The van der Waals surface area contributed by atoms with Crippen LogP contribution in [0.15, 0.2) is 60.7 Å². The molecule has 1 N–H and O–H groups in total. The molecule has 0 unspecified atom stereocenters. The predicted octanol–water partition coefficient (Wildman–Crippen LogP) is 2.62. The molecule has 24 heavy (non-hydrogen) atoms. The highest BCUT2D eigenvalue weighted by molar-refractivity contribution is 5.91. The molecule has 0 aliphatic carbocycles. The SMILES string of the molecule is CC(=O)N(CCNC(=O)CCOc1ccccc1)c1ccccc1. The number of benzene rings is 2. The number of ether oxygens (including phenoxy) is 1. The van der Waals surface area contributed by atoms with Crippen LogP contribution >= 0.6 is 0 Å². The average molecular weight is 326 g/mol. The van der Waals surface area contributed by atoms with Gasteiger partial charge in [-0.15, -0.1) is 0 Å². The number of rotatable bonds is 8. The summed E-state index contributed by atoms with van der Waals surface area (Å²) < 4.78 is 5.49. The van der Waals surface area contributed by atoms with E-state index in [4.69, 9.17) is 4.74 Å². The maximum Gasteiger partial charge on any atom is 0.223 e. The Morgan fingerprint density at radius 2 is 1.62 bits per heavy atom. The van der Waals surface area contributed by atoms with Gasteiger partial charge in [0.05, 0.1) is 13.0 Å². The minimum absolute atomic E-state index is 0.0529. The van der Waals surface area contributed by atoms with Gasteiger partial charge in [0.25, 0.3) is 0 Å². The van der Waals surface area contributed by atoms with Crippen LogP contribution in [0.25, 0.3) is 0 Å². The van der Waals surface area contributed by atoms with Gasteiger partial charge in [-0.2, -0.15) is 0 Å². The molecule has 0 bridgehead atoms. The van der Waals surface area contributed by atoms with Crippen LogP contribution in [-0.4, -0.2) is 31.5 Å². The van der Waals surface area contributed by atoms with E-state index < -0.39 is 0 Å². The van der Waals surface area contributed by atoms with Crippen molar-refractivity contribution >= 4 is 17.5 Å². The van der Waals surface area contributed by atoms with E-state index in [9.17, 15) is 9.59 Å². The molecule has 2 aromatic rings. The van der Waals surface area contributed by atoms with Crippen molar-refractivity contribution in [2.24, 2.45) is 0 Å². The fourth-order valence-corrected chi connectivity index (χ4v) is 2.25. The van der Waals surface area contributed by atoms with E-state index >= 15 is 0 Å². The molecule has 2 rings (SSSR count). The summed E-state index contributed by atoms with van der Waals surface area (Å²) in [6.45, 7) is 2.68. The first-order valence-corrected chi connectivity index (χ1v) is 7.94. The van der Waals surface area contributed by atoms with Gasteiger partial charge < -0.3 is 15.0 Å². The molecule has 0 saturated heterocycles. The molecule has 0 radical (unpaired) electrons. The molecule has 0 aromatic heterocycles. The van der Waals surface area contributed by atoms with Crippen molar-refractivity contribution in [3.63, 3.8) is 0 Å². The Kier molecular flexibility index (Phi) is 6.83. The highest BCUT2D eigenvalue weighted by Gasteiger charge is 2.11. The molecule has 0 aliphatic heterocycles. The van der Waals surface area contributed by atoms with Gasteiger partial charge in [0.15, 0.2) is 0 Å². The quantitative estimate of drug-likeness (QED) is 0.811. The summed E-state index contributed by atoms with van der Waals surface area (Å²) in [5, 5.41) is 2.81. The van der Waals surface area contributed by atoms with Gasteiger partial charge in [0.1, 0.15) is 5.75 Å². The molecule has 5 heteroatoms. The number of para-hydroxylation sites is 2. The third kappa shape index (κ3) is 5.76.